The van der Waals surface area contributed by atoms with Crippen molar-refractivity contribution < 1.29 is 9.84 Å². The number of allylic oxidation sites excluding steroid dienone is 2. The van der Waals surface area contributed by atoms with Crippen molar-refractivity contribution in [2.45, 2.75) is 65.9 Å². The highest BCUT2D eigenvalue weighted by atomic mass is 16.5. The molecule has 31 heavy (non-hydrogen) atoms. The number of aryl methyl sites for hydroxylation is 1. The van der Waals surface area contributed by atoms with Gasteiger partial charge in [0, 0.05) is 27.8 Å². The molecule has 0 saturated carbocycles. The predicted molar refractivity (Wildman–Crippen MR) is 130 cm³/mol. The van der Waals surface area contributed by atoms with Gasteiger partial charge in [0.1, 0.15) is 17.1 Å². The number of hydrogen-bond donors (Lipinski definition) is 2. The van der Waals surface area contributed by atoms with E-state index >= 15 is 0 Å². The first-order valence-electron chi connectivity index (χ1n) is 11.5. The molecular weight excluding hydrogens is 382 g/mol. The number of benzene rings is 2. The number of nitrogens with one attached hydrogen (secondary N) is 1. The van der Waals surface area contributed by atoms with Crippen LogP contribution in [0.1, 0.15) is 70.1 Å². The van der Waals surface area contributed by atoms with Gasteiger partial charge in [-0.1, -0.05) is 25.5 Å². The van der Waals surface area contributed by atoms with Gasteiger partial charge >= 0.3 is 0 Å². The Bertz CT molecular complexity index is 1260. The summed E-state index contributed by atoms with van der Waals surface area (Å²) in [5, 5.41) is 13.4. The Hall–Kier alpha value is -2.68. The molecule has 3 nitrogen and oxygen atoms in total. The van der Waals surface area contributed by atoms with E-state index in [0.717, 1.165) is 39.9 Å². The number of hydrogen-bond acceptors (Lipinski definition) is 2. The molecule has 5 rings (SSSR count). The summed E-state index contributed by atoms with van der Waals surface area (Å²) in [7, 11) is 0. The maximum Gasteiger partial charge on any atom is 0.132 e. The van der Waals surface area contributed by atoms with E-state index in [2.05, 4.69) is 76.9 Å². The van der Waals surface area contributed by atoms with Crippen LogP contribution in [0, 0.1) is 18.8 Å². The van der Waals surface area contributed by atoms with Crippen LogP contribution in [0.3, 0.4) is 0 Å². The first-order chi connectivity index (χ1) is 14.7. The quantitative estimate of drug-likeness (QED) is 0.423. The van der Waals surface area contributed by atoms with E-state index in [1.165, 1.54) is 22.8 Å². The summed E-state index contributed by atoms with van der Waals surface area (Å²) in [6.45, 7) is 13.1. The smallest absolute Gasteiger partial charge is 0.132 e. The molecule has 1 aromatic heterocycles. The number of H-pyrrole nitrogens is 1. The Kier molecular flexibility index (Phi) is 4.51. The van der Waals surface area contributed by atoms with Crippen molar-refractivity contribution in [1.82, 2.24) is 4.98 Å². The number of phenolic OH excluding ortho intramolecular Hbond substituents is 1. The van der Waals surface area contributed by atoms with Crippen molar-refractivity contribution in [3.05, 3.63) is 52.6 Å². The van der Waals surface area contributed by atoms with Crippen LogP contribution in [0.5, 0.6) is 11.5 Å². The minimum Gasteiger partial charge on any atom is -0.508 e. The third-order valence-electron chi connectivity index (χ3n) is 7.27. The SMILES string of the molecule is CC1=C[C@@H](c2c(O)ccc3c2[nH]c2c4c(c(C)cc23)OC(C)(C)C=C4)[C@H](C(C)C)CC1. The van der Waals surface area contributed by atoms with Gasteiger partial charge in [-0.2, -0.15) is 0 Å². The van der Waals surface area contributed by atoms with Crippen LogP contribution in [0.15, 0.2) is 35.9 Å². The van der Waals surface area contributed by atoms with E-state index in [-0.39, 0.29) is 11.5 Å². The second-order valence-electron chi connectivity index (χ2n) is 10.4. The van der Waals surface area contributed by atoms with Gasteiger partial charge in [0.15, 0.2) is 0 Å². The zero-order valence-electron chi connectivity index (χ0n) is 19.5. The molecule has 0 amide bonds. The van der Waals surface area contributed by atoms with Crippen molar-refractivity contribution >= 4 is 27.9 Å². The molecule has 3 heteroatoms. The third-order valence-corrected chi connectivity index (χ3v) is 7.27. The van der Waals surface area contributed by atoms with E-state index in [1.54, 1.807) is 0 Å². The number of ether oxygens (including phenoxy) is 1. The number of phenols is 1. The molecule has 2 heterocycles. The molecule has 0 radical (unpaired) electrons. The minimum absolute atomic E-state index is 0.216. The molecular formula is C28H33NO2. The Morgan fingerprint density at radius 1 is 1.13 bits per heavy atom. The standard InChI is InChI=1S/C28H33NO2/c1-15(2)18-8-7-16(3)13-21(18)24-23(30)10-9-19-22-14-17(4)27-20(25(22)29-26(19)24)11-12-28(5,6)31-27/h9-15,18,21,29-30H,7-8H2,1-6H3/t18-,21+/m0/s1. The predicted octanol–water partition coefficient (Wildman–Crippen LogP) is 7.62. The van der Waals surface area contributed by atoms with Crippen LogP contribution in [-0.2, 0) is 0 Å². The number of aromatic nitrogens is 1. The van der Waals surface area contributed by atoms with Crippen molar-refractivity contribution in [3.8, 4) is 11.5 Å². The van der Waals surface area contributed by atoms with Crippen LogP contribution < -0.4 is 4.74 Å². The average molecular weight is 416 g/mol. The van der Waals surface area contributed by atoms with Gasteiger partial charge in [-0.25, -0.2) is 0 Å². The minimum atomic E-state index is -0.310. The summed E-state index contributed by atoms with van der Waals surface area (Å²) in [6, 6.07) is 6.16. The highest BCUT2D eigenvalue weighted by Gasteiger charge is 2.32. The molecule has 2 N–H and O–H groups in total. The lowest BCUT2D eigenvalue weighted by Crippen LogP contribution is -2.28. The molecule has 2 atom stereocenters. The number of aromatic amines is 1. The Morgan fingerprint density at radius 2 is 1.90 bits per heavy atom. The number of rotatable bonds is 2. The summed E-state index contributed by atoms with van der Waals surface area (Å²) in [5.41, 5.74) is 6.54. The Balaban J connectivity index is 1.81. The van der Waals surface area contributed by atoms with E-state index in [0.29, 0.717) is 17.6 Å². The molecule has 162 valence electrons. The van der Waals surface area contributed by atoms with Crippen molar-refractivity contribution in [2.75, 3.05) is 0 Å². The van der Waals surface area contributed by atoms with E-state index in [9.17, 15) is 5.11 Å². The first-order valence-corrected chi connectivity index (χ1v) is 11.5. The summed E-state index contributed by atoms with van der Waals surface area (Å²) in [6.07, 6.45) is 9.01. The summed E-state index contributed by atoms with van der Waals surface area (Å²) < 4.78 is 6.32. The lowest BCUT2D eigenvalue weighted by atomic mass is 9.71. The van der Waals surface area contributed by atoms with E-state index in [1.807, 2.05) is 6.07 Å². The summed E-state index contributed by atoms with van der Waals surface area (Å²) >= 11 is 0. The van der Waals surface area contributed by atoms with Gasteiger partial charge in [-0.15, -0.1) is 0 Å². The van der Waals surface area contributed by atoms with Crippen molar-refractivity contribution in [2.24, 2.45) is 11.8 Å². The normalized spacial score (nSPS) is 22.6. The van der Waals surface area contributed by atoms with Crippen LogP contribution in [0.2, 0.25) is 0 Å². The second-order valence-corrected chi connectivity index (χ2v) is 10.4. The maximum atomic E-state index is 11.0. The molecule has 0 unspecified atom stereocenters. The lowest BCUT2D eigenvalue weighted by molar-refractivity contribution is 0.158. The van der Waals surface area contributed by atoms with Gasteiger partial charge in [-0.3, -0.25) is 0 Å². The van der Waals surface area contributed by atoms with E-state index in [4.69, 9.17) is 4.74 Å². The largest absolute Gasteiger partial charge is 0.508 e. The summed E-state index contributed by atoms with van der Waals surface area (Å²) in [5.74, 6) is 2.63. The highest BCUT2D eigenvalue weighted by Crippen LogP contribution is 2.48. The Morgan fingerprint density at radius 3 is 2.65 bits per heavy atom. The molecule has 3 aromatic rings. The second kappa shape index (κ2) is 6.91. The molecule has 1 aliphatic heterocycles. The molecule has 0 spiro atoms. The van der Waals surface area contributed by atoms with Crippen molar-refractivity contribution in [3.63, 3.8) is 0 Å². The lowest BCUT2D eigenvalue weighted by Gasteiger charge is -2.33. The van der Waals surface area contributed by atoms with Crippen LogP contribution in [0.4, 0.5) is 0 Å². The highest BCUT2D eigenvalue weighted by molar-refractivity contribution is 6.12. The topological polar surface area (TPSA) is 45.2 Å². The zero-order chi connectivity index (χ0) is 22.1. The zero-order valence-corrected chi connectivity index (χ0v) is 19.5. The molecule has 2 aliphatic rings. The van der Waals surface area contributed by atoms with Crippen molar-refractivity contribution in [1.29, 1.82) is 0 Å². The van der Waals surface area contributed by atoms with Crippen LogP contribution in [0.25, 0.3) is 27.9 Å². The monoisotopic (exact) mass is 415 g/mol. The fraction of sp³-hybridized carbons (Fsp3) is 0.429. The van der Waals surface area contributed by atoms with Crippen LogP contribution in [-0.4, -0.2) is 15.7 Å². The average Bonchev–Trinajstić information content (AvgIpc) is 3.05. The summed E-state index contributed by atoms with van der Waals surface area (Å²) in [4.78, 5) is 3.72. The number of aromatic hydroxyl groups is 1. The van der Waals surface area contributed by atoms with Crippen LogP contribution >= 0.6 is 0 Å². The Labute approximate surface area is 184 Å². The molecule has 2 aromatic carbocycles. The van der Waals surface area contributed by atoms with Gasteiger partial charge < -0.3 is 14.8 Å². The molecule has 0 bridgehead atoms. The number of fused-ring (bicyclic) bond motifs is 5. The fourth-order valence-electron chi connectivity index (χ4n) is 5.61. The maximum absolute atomic E-state index is 11.0. The van der Waals surface area contributed by atoms with E-state index < -0.39 is 0 Å². The third kappa shape index (κ3) is 3.17. The first kappa shape index (κ1) is 20.2. The van der Waals surface area contributed by atoms with Gasteiger partial charge in [0.25, 0.3) is 0 Å². The van der Waals surface area contributed by atoms with Gasteiger partial charge in [-0.05, 0) is 88.3 Å². The fourth-order valence-corrected chi connectivity index (χ4v) is 5.61. The molecule has 0 fully saturated rings. The molecule has 0 saturated heterocycles. The van der Waals surface area contributed by atoms with Gasteiger partial charge in [0.2, 0.25) is 0 Å². The van der Waals surface area contributed by atoms with Gasteiger partial charge in [0.05, 0.1) is 11.0 Å². The molecule has 1 aliphatic carbocycles.